The Labute approximate surface area is 478 Å². The van der Waals surface area contributed by atoms with Gasteiger partial charge in [0.2, 0.25) is 0 Å². The summed E-state index contributed by atoms with van der Waals surface area (Å²) >= 11 is 3.58. The van der Waals surface area contributed by atoms with Crippen molar-refractivity contribution in [2.24, 2.45) is 7.05 Å². The number of hydrogen-bond acceptors (Lipinski definition) is 15. The van der Waals surface area contributed by atoms with E-state index in [-0.39, 0.29) is 0 Å². The molecule has 0 fully saturated rings. The van der Waals surface area contributed by atoms with Crippen LogP contribution in [-0.4, -0.2) is 49.9 Å². The van der Waals surface area contributed by atoms with Crippen molar-refractivity contribution in [1.29, 1.82) is 0 Å². The zero-order chi connectivity index (χ0) is 59.2. The molecular weight excluding hydrogens is 1020 g/mol. The average Bonchev–Trinajstić information content (AvgIpc) is 4.29. The van der Waals surface area contributed by atoms with Crippen molar-refractivity contribution in [3.05, 3.63) is 145 Å². The maximum atomic E-state index is 5.75. The lowest BCUT2D eigenvalue weighted by Crippen LogP contribution is -1.89. The van der Waals surface area contributed by atoms with Gasteiger partial charge in [0, 0.05) is 73.5 Å². The summed E-state index contributed by atoms with van der Waals surface area (Å²) < 4.78 is 26.0. The van der Waals surface area contributed by atoms with Crippen molar-refractivity contribution in [3.8, 4) is 0 Å². The second kappa shape index (κ2) is 29.7. The number of oxazole rings is 3. The number of nitrogens with zero attached hydrogens (tertiary/aromatic N) is 10. The minimum Gasteiger partial charge on any atom is -0.459 e. The van der Waals surface area contributed by atoms with Gasteiger partial charge in [0.05, 0.1) is 59.1 Å². The van der Waals surface area contributed by atoms with Crippen LogP contribution in [0.25, 0.3) is 31.4 Å². The number of rotatable bonds is 7. The zero-order valence-electron chi connectivity index (χ0n) is 52.1. The van der Waals surface area contributed by atoms with Crippen LogP contribution in [0.3, 0.4) is 0 Å². The molecule has 0 saturated heterocycles. The highest BCUT2D eigenvalue weighted by atomic mass is 32.1. The van der Waals surface area contributed by atoms with E-state index in [1.165, 1.54) is 24.8 Å². The number of furan rings is 1. The predicted octanol–water partition coefficient (Wildman–Crippen LogP) is 18.6. The lowest BCUT2D eigenvalue weighted by atomic mass is 10.1. The molecule has 10 rings (SSSR count). The molecule has 9 heterocycles. The molecule has 0 bridgehead atoms. The number of benzene rings is 1. The highest BCUT2D eigenvalue weighted by molar-refractivity contribution is 7.19. The molecule has 0 atom stereocenters. The van der Waals surface area contributed by atoms with Gasteiger partial charge in [-0.2, -0.15) is 0 Å². The Bertz CT molecular complexity index is 3260. The number of thiazole rings is 2. The summed E-state index contributed by atoms with van der Waals surface area (Å²) in [5.41, 5.74) is 11.4. The molecule has 0 aliphatic rings. The van der Waals surface area contributed by atoms with E-state index in [1.807, 2.05) is 88.5 Å². The minimum absolute atomic E-state index is 0.396. The maximum Gasteiger partial charge on any atom is 0.197 e. The van der Waals surface area contributed by atoms with Gasteiger partial charge in [-0.3, -0.25) is 14.6 Å². The molecular formula is C63H90N10O4S2. The second-order valence-corrected chi connectivity index (χ2v) is 24.3. The smallest absolute Gasteiger partial charge is 0.197 e. The molecule has 0 aliphatic heterocycles. The number of hydrogen-bond donors (Lipinski definition) is 0. The monoisotopic (exact) mass is 1110 g/mol. The Balaban J connectivity index is 0.000000200. The third-order valence-corrected chi connectivity index (χ3v) is 14.7. The molecule has 0 radical (unpaired) electrons. The number of pyridine rings is 2. The van der Waals surface area contributed by atoms with E-state index in [0.717, 1.165) is 103 Å². The lowest BCUT2D eigenvalue weighted by molar-refractivity contribution is 0.450. The van der Waals surface area contributed by atoms with Crippen LogP contribution in [0.5, 0.6) is 0 Å². The number of aromatic nitrogens is 10. The fourth-order valence-electron chi connectivity index (χ4n) is 7.84. The molecule has 0 aliphatic carbocycles. The standard InChI is InChI=1S/C12H15NO.C11H14N2S.C10H11NS.3C8H13NO.C6H11N3/c1-7(2)11-6-10-5-8(3)13-9(4)12(10)14-11;1-6(2)11-13-10-8(4)12-7(3)5-9(10)14-11;1-7(2)10-11-8-5-3-4-6-9(8)12-10;1-5(2)8-6(3)10-7(4)9-8;1-5(2)8-6(3)9-7(4)10-8;1-5(2)8-9-6(3)7(4)10-8;1-5(2)6-4-9(3)8-7-6/h5-7H,1-4H3;5-6H,1-4H3;3-7H,1-2H3;3*5H,1-4H3;4-5H,1-3H3. The van der Waals surface area contributed by atoms with Crippen LogP contribution in [0, 0.1) is 69.2 Å². The molecule has 0 spiro atoms. The molecule has 9 aromatic heterocycles. The van der Waals surface area contributed by atoms with Gasteiger partial charge in [-0.1, -0.05) is 114 Å². The minimum atomic E-state index is 0.396. The Morgan fingerprint density at radius 3 is 1.49 bits per heavy atom. The molecule has 0 N–H and O–H groups in total. The van der Waals surface area contributed by atoms with Crippen LogP contribution in [0.2, 0.25) is 0 Å². The fourth-order valence-corrected chi connectivity index (χ4v) is 9.93. The van der Waals surface area contributed by atoms with Gasteiger partial charge >= 0.3 is 0 Å². The summed E-state index contributed by atoms with van der Waals surface area (Å²) in [4.78, 5) is 30.6. The van der Waals surface area contributed by atoms with Crippen LogP contribution >= 0.6 is 22.7 Å². The van der Waals surface area contributed by atoms with Gasteiger partial charge in [-0.25, -0.2) is 24.9 Å². The molecule has 0 amide bonds. The molecule has 0 unspecified atom stereocenters. The largest absolute Gasteiger partial charge is 0.459 e. The van der Waals surface area contributed by atoms with Crippen LogP contribution in [0.15, 0.2) is 66.3 Å². The maximum absolute atomic E-state index is 5.75. The van der Waals surface area contributed by atoms with Gasteiger partial charge in [0.1, 0.15) is 28.6 Å². The van der Waals surface area contributed by atoms with E-state index in [1.54, 1.807) is 27.4 Å². The normalized spacial score (nSPS) is 11.1. The summed E-state index contributed by atoms with van der Waals surface area (Å²) in [6, 6.07) is 14.6. The van der Waals surface area contributed by atoms with E-state index in [2.05, 4.69) is 179 Å². The second-order valence-electron chi connectivity index (χ2n) is 22.1. The first kappa shape index (κ1) is 65.1. The number of fused-ring (bicyclic) bond motifs is 3. The molecule has 428 valence electrons. The molecule has 16 heteroatoms. The zero-order valence-corrected chi connectivity index (χ0v) is 53.7. The van der Waals surface area contributed by atoms with Crippen LogP contribution < -0.4 is 0 Å². The summed E-state index contributed by atoms with van der Waals surface area (Å²) in [5.74, 6) is 9.59. The Hall–Kier alpha value is -6.39. The average molecular weight is 1120 g/mol. The summed E-state index contributed by atoms with van der Waals surface area (Å²) in [5, 5.41) is 11.3. The highest BCUT2D eigenvalue weighted by Gasteiger charge is 2.14. The predicted molar refractivity (Wildman–Crippen MR) is 328 cm³/mol. The van der Waals surface area contributed by atoms with Crippen LogP contribution in [-0.2, 0) is 7.05 Å². The van der Waals surface area contributed by atoms with Crippen molar-refractivity contribution in [2.75, 3.05) is 0 Å². The van der Waals surface area contributed by atoms with Crippen LogP contribution in [0.1, 0.15) is 235 Å². The van der Waals surface area contributed by atoms with Crippen molar-refractivity contribution < 1.29 is 17.7 Å². The van der Waals surface area contributed by atoms with Gasteiger partial charge in [-0.05, 0) is 97.6 Å². The van der Waals surface area contributed by atoms with Crippen molar-refractivity contribution in [2.45, 2.75) is 208 Å². The van der Waals surface area contributed by atoms with E-state index in [0.29, 0.717) is 41.4 Å². The first-order valence-electron chi connectivity index (χ1n) is 27.6. The van der Waals surface area contributed by atoms with Crippen LogP contribution in [0.4, 0.5) is 0 Å². The van der Waals surface area contributed by atoms with Gasteiger partial charge in [0.15, 0.2) is 23.3 Å². The van der Waals surface area contributed by atoms with E-state index in [9.17, 15) is 0 Å². The summed E-state index contributed by atoms with van der Waals surface area (Å²) in [6.45, 7) is 49.4. The van der Waals surface area contributed by atoms with Gasteiger partial charge in [0.25, 0.3) is 0 Å². The Morgan fingerprint density at radius 1 is 0.468 bits per heavy atom. The quantitative estimate of drug-likeness (QED) is 0.148. The van der Waals surface area contributed by atoms with Gasteiger partial charge in [-0.15, -0.1) is 27.8 Å². The molecule has 0 saturated carbocycles. The van der Waals surface area contributed by atoms with E-state index < -0.39 is 0 Å². The van der Waals surface area contributed by atoms with E-state index in [4.69, 9.17) is 17.7 Å². The molecule has 1 aromatic carbocycles. The SMILES string of the molecule is CC(C)c1cn(C)nn1.CC(C)c1nc2ccccc2s1.Cc1cc2cc(C(C)C)oc2c(C)n1.Cc1cc2sc(C(C)C)nc2c(C)n1.Cc1nc(C(C)C)c(C)o1.Cc1nc(C(C)C)oc1C.Cc1nc(C)c(C(C)C)o1. The van der Waals surface area contributed by atoms with Crippen molar-refractivity contribution in [1.82, 2.24) is 49.9 Å². The van der Waals surface area contributed by atoms with Gasteiger partial charge < -0.3 is 17.7 Å². The number of para-hydroxylation sites is 1. The Kier molecular flexibility index (Phi) is 24.5. The fraction of sp³-hybridized carbons (Fsp3) is 0.508. The van der Waals surface area contributed by atoms with Crippen molar-refractivity contribution in [3.63, 3.8) is 0 Å². The third kappa shape index (κ3) is 19.4. The Morgan fingerprint density at radius 2 is 1.06 bits per heavy atom. The first-order valence-corrected chi connectivity index (χ1v) is 29.2. The lowest BCUT2D eigenvalue weighted by Gasteiger charge is -1.97. The highest BCUT2D eigenvalue weighted by Crippen LogP contribution is 2.30. The molecule has 14 nitrogen and oxygen atoms in total. The van der Waals surface area contributed by atoms with E-state index >= 15 is 0 Å². The summed E-state index contributed by atoms with van der Waals surface area (Å²) in [6.07, 6.45) is 1.94. The first-order chi connectivity index (χ1) is 36.9. The summed E-state index contributed by atoms with van der Waals surface area (Å²) in [7, 11) is 1.87. The topological polar surface area (TPSA) is 173 Å². The number of aryl methyl sites for hydroxylation is 11. The molecule has 10 aromatic rings. The van der Waals surface area contributed by atoms with Crippen molar-refractivity contribution >= 4 is 54.1 Å². The third-order valence-electron chi connectivity index (χ3n) is 12.1. The molecule has 79 heavy (non-hydrogen) atoms.